The summed E-state index contributed by atoms with van der Waals surface area (Å²) in [4.78, 5) is 2.71. The van der Waals surface area contributed by atoms with E-state index in [1.807, 2.05) is 30.3 Å². The summed E-state index contributed by atoms with van der Waals surface area (Å²) in [5.74, 6) is 4.89. The first kappa shape index (κ1) is 19.3. The van der Waals surface area contributed by atoms with Crippen molar-refractivity contribution in [2.75, 3.05) is 45.0 Å². The van der Waals surface area contributed by atoms with Crippen LogP contribution in [-0.4, -0.2) is 60.8 Å². The second-order valence-electron chi connectivity index (χ2n) is 9.48. The first-order valence-electron chi connectivity index (χ1n) is 11.6. The van der Waals surface area contributed by atoms with Gasteiger partial charge in [-0.15, -0.1) is 10.2 Å². The highest BCUT2D eigenvalue weighted by Gasteiger charge is 2.41. The number of fused-ring (bicyclic) bond motifs is 2. The topological polar surface area (TPSA) is 68.7 Å². The minimum Gasteiger partial charge on any atom is -0.454 e. The fraction of sp³-hybridized carbons (Fsp3) is 0.583. The summed E-state index contributed by atoms with van der Waals surface area (Å²) in [5.41, 5.74) is 1.83. The van der Waals surface area contributed by atoms with Gasteiger partial charge in [-0.2, -0.15) is 0 Å². The van der Waals surface area contributed by atoms with Crippen molar-refractivity contribution in [1.29, 1.82) is 0 Å². The summed E-state index contributed by atoms with van der Waals surface area (Å²) in [6.07, 6.45) is 4.94. The number of nitrogens with one attached hydrogen (secondary N) is 1. The Kier molecular flexibility index (Phi) is 5.16. The predicted octanol–water partition coefficient (Wildman–Crippen LogP) is 3.42. The second-order valence-corrected chi connectivity index (χ2v) is 9.48. The van der Waals surface area contributed by atoms with Gasteiger partial charge in [-0.3, -0.25) is 0 Å². The van der Waals surface area contributed by atoms with E-state index >= 15 is 0 Å². The standard InChI is InChI=1S/C24H30N4O3/c1-3-22-23(31-15-30-22)11-17(1)21-2-4-24(27-26-21)25-20-9-18-13-28(14-19(18)10-20)12-16-5-7-29-8-6-16/h1-4,11,16,18-20H,5-10,12-15H2,(H,25,27)/t18-,19+,20+. The molecule has 6 rings (SSSR count). The zero-order valence-corrected chi connectivity index (χ0v) is 17.8. The van der Waals surface area contributed by atoms with Gasteiger partial charge in [0.15, 0.2) is 11.5 Å². The third-order valence-corrected chi connectivity index (χ3v) is 7.37. The fourth-order valence-electron chi connectivity index (χ4n) is 5.79. The highest BCUT2D eigenvalue weighted by molar-refractivity contribution is 5.64. The van der Waals surface area contributed by atoms with Gasteiger partial charge in [-0.1, -0.05) is 0 Å². The number of nitrogens with zero attached hydrogens (tertiary/aromatic N) is 3. The van der Waals surface area contributed by atoms with Gasteiger partial charge in [-0.05, 0) is 73.8 Å². The maximum Gasteiger partial charge on any atom is 0.231 e. The largest absolute Gasteiger partial charge is 0.454 e. The molecule has 2 saturated heterocycles. The minimum atomic E-state index is 0.282. The third kappa shape index (κ3) is 4.08. The monoisotopic (exact) mass is 422 g/mol. The Morgan fingerprint density at radius 1 is 0.935 bits per heavy atom. The molecule has 0 amide bonds. The SMILES string of the molecule is c1cc2c(cc1-c1ccc(N[C@H]3C[C@@H]4CN(CC5CCOCC5)C[C@@H]4C3)nn1)OCO2. The normalized spacial score (nSPS) is 28.1. The quantitative estimate of drug-likeness (QED) is 0.792. The van der Waals surface area contributed by atoms with Gasteiger partial charge in [0.05, 0.1) is 5.69 Å². The molecular formula is C24H30N4O3. The summed E-state index contributed by atoms with van der Waals surface area (Å²) in [6.45, 7) is 5.97. The Morgan fingerprint density at radius 3 is 2.52 bits per heavy atom. The summed E-state index contributed by atoms with van der Waals surface area (Å²) in [6, 6.07) is 10.5. The summed E-state index contributed by atoms with van der Waals surface area (Å²) in [5, 5.41) is 12.5. The van der Waals surface area contributed by atoms with Crippen LogP contribution in [0.3, 0.4) is 0 Å². The average molecular weight is 423 g/mol. The van der Waals surface area contributed by atoms with Crippen LogP contribution in [0.1, 0.15) is 25.7 Å². The van der Waals surface area contributed by atoms with Crippen LogP contribution in [0.4, 0.5) is 5.82 Å². The lowest BCUT2D eigenvalue weighted by Crippen LogP contribution is -2.32. The van der Waals surface area contributed by atoms with E-state index in [0.29, 0.717) is 6.04 Å². The first-order valence-corrected chi connectivity index (χ1v) is 11.6. The molecule has 0 radical (unpaired) electrons. The lowest BCUT2D eigenvalue weighted by molar-refractivity contribution is 0.0545. The fourth-order valence-corrected chi connectivity index (χ4v) is 5.79. The molecule has 4 heterocycles. The highest BCUT2D eigenvalue weighted by atomic mass is 16.7. The molecule has 2 aromatic rings. The number of anilines is 1. The minimum absolute atomic E-state index is 0.282. The van der Waals surface area contributed by atoms with Crippen molar-refractivity contribution in [3.05, 3.63) is 30.3 Å². The Hall–Kier alpha value is -2.38. The predicted molar refractivity (Wildman–Crippen MR) is 117 cm³/mol. The Morgan fingerprint density at radius 2 is 1.74 bits per heavy atom. The van der Waals surface area contributed by atoms with Gasteiger partial charge in [0.2, 0.25) is 6.79 Å². The molecule has 1 N–H and O–H groups in total. The van der Waals surface area contributed by atoms with Crippen LogP contribution >= 0.6 is 0 Å². The van der Waals surface area contributed by atoms with Crippen LogP contribution in [-0.2, 0) is 4.74 Å². The molecule has 164 valence electrons. The van der Waals surface area contributed by atoms with E-state index in [2.05, 4.69) is 20.4 Å². The van der Waals surface area contributed by atoms with Crippen molar-refractivity contribution >= 4 is 5.82 Å². The summed E-state index contributed by atoms with van der Waals surface area (Å²) < 4.78 is 16.4. The van der Waals surface area contributed by atoms with Gasteiger partial charge in [0.25, 0.3) is 0 Å². The van der Waals surface area contributed by atoms with Crippen LogP contribution < -0.4 is 14.8 Å². The zero-order chi connectivity index (χ0) is 20.6. The van der Waals surface area contributed by atoms with Crippen molar-refractivity contribution in [2.24, 2.45) is 17.8 Å². The molecule has 7 heteroatoms. The van der Waals surface area contributed by atoms with E-state index in [0.717, 1.165) is 59.5 Å². The number of rotatable bonds is 5. The van der Waals surface area contributed by atoms with Crippen molar-refractivity contribution in [3.8, 4) is 22.8 Å². The van der Waals surface area contributed by atoms with Crippen LogP contribution in [0.25, 0.3) is 11.3 Å². The zero-order valence-electron chi connectivity index (χ0n) is 17.8. The van der Waals surface area contributed by atoms with Crippen molar-refractivity contribution < 1.29 is 14.2 Å². The van der Waals surface area contributed by atoms with Crippen molar-refractivity contribution in [3.63, 3.8) is 0 Å². The lowest BCUT2D eigenvalue weighted by Gasteiger charge is -2.27. The van der Waals surface area contributed by atoms with E-state index in [1.165, 1.54) is 45.3 Å². The molecular weight excluding hydrogens is 392 g/mol. The molecule has 1 aromatic carbocycles. The molecule has 4 aliphatic rings. The molecule has 0 spiro atoms. The second kappa shape index (κ2) is 8.28. The molecule has 31 heavy (non-hydrogen) atoms. The van der Waals surface area contributed by atoms with Crippen molar-refractivity contribution in [1.82, 2.24) is 15.1 Å². The molecule has 1 aromatic heterocycles. The number of ether oxygens (including phenoxy) is 3. The smallest absolute Gasteiger partial charge is 0.231 e. The number of aromatic nitrogens is 2. The first-order chi connectivity index (χ1) is 15.3. The van der Waals surface area contributed by atoms with E-state index in [9.17, 15) is 0 Å². The third-order valence-electron chi connectivity index (χ3n) is 7.37. The number of hydrogen-bond acceptors (Lipinski definition) is 7. The van der Waals surface area contributed by atoms with Crippen LogP contribution in [0.15, 0.2) is 30.3 Å². The Labute approximate surface area is 183 Å². The molecule has 1 aliphatic carbocycles. The molecule has 3 atom stereocenters. The van der Waals surface area contributed by atoms with E-state index in [4.69, 9.17) is 14.2 Å². The maximum atomic E-state index is 5.51. The molecule has 0 bridgehead atoms. The maximum absolute atomic E-state index is 5.51. The van der Waals surface area contributed by atoms with Crippen LogP contribution in [0, 0.1) is 17.8 Å². The molecule has 3 aliphatic heterocycles. The number of likely N-dealkylation sites (tertiary alicyclic amines) is 1. The number of hydrogen-bond donors (Lipinski definition) is 1. The molecule has 3 fully saturated rings. The van der Waals surface area contributed by atoms with Gasteiger partial charge >= 0.3 is 0 Å². The molecule has 7 nitrogen and oxygen atoms in total. The van der Waals surface area contributed by atoms with E-state index in [-0.39, 0.29) is 6.79 Å². The van der Waals surface area contributed by atoms with Gasteiger partial charge in [0.1, 0.15) is 5.82 Å². The lowest BCUT2D eigenvalue weighted by atomic mass is 10.00. The van der Waals surface area contributed by atoms with E-state index < -0.39 is 0 Å². The van der Waals surface area contributed by atoms with Crippen molar-refractivity contribution in [2.45, 2.75) is 31.7 Å². The summed E-state index contributed by atoms with van der Waals surface area (Å²) in [7, 11) is 0. The number of benzene rings is 1. The average Bonchev–Trinajstić information content (AvgIpc) is 3.49. The molecule has 1 saturated carbocycles. The Balaban J connectivity index is 1.02. The van der Waals surface area contributed by atoms with Crippen LogP contribution in [0.2, 0.25) is 0 Å². The van der Waals surface area contributed by atoms with Gasteiger partial charge < -0.3 is 24.4 Å². The van der Waals surface area contributed by atoms with Crippen LogP contribution in [0.5, 0.6) is 11.5 Å². The highest BCUT2D eigenvalue weighted by Crippen LogP contribution is 2.40. The van der Waals surface area contributed by atoms with Gasteiger partial charge in [0, 0.05) is 44.5 Å². The van der Waals surface area contributed by atoms with E-state index in [1.54, 1.807) is 0 Å². The van der Waals surface area contributed by atoms with Gasteiger partial charge in [-0.25, -0.2) is 0 Å². The Bertz CT molecular complexity index is 902. The molecule has 0 unspecified atom stereocenters. The summed E-state index contributed by atoms with van der Waals surface area (Å²) >= 11 is 0.